The number of fused-ring (bicyclic) bond motifs is 1. The van der Waals surface area contributed by atoms with Crippen molar-refractivity contribution in [1.29, 1.82) is 0 Å². The number of benzene rings is 1. The van der Waals surface area contributed by atoms with Gasteiger partial charge in [-0.2, -0.15) is 11.8 Å². The molecule has 1 saturated carbocycles. The molecule has 0 radical (unpaired) electrons. The minimum Gasteiger partial charge on any atom is -0.312 e. The zero-order valence-corrected chi connectivity index (χ0v) is 12.0. The second-order valence-corrected chi connectivity index (χ2v) is 6.75. The number of thioether (sulfide) groups is 1. The van der Waals surface area contributed by atoms with E-state index < -0.39 is 0 Å². The fourth-order valence-corrected chi connectivity index (χ4v) is 4.41. The Morgan fingerprint density at radius 3 is 2.89 bits per heavy atom. The van der Waals surface area contributed by atoms with Gasteiger partial charge in [0.1, 0.15) is 0 Å². The first kappa shape index (κ1) is 12.6. The smallest absolute Gasteiger partial charge is 0.0198 e. The van der Waals surface area contributed by atoms with Gasteiger partial charge in [0.2, 0.25) is 0 Å². The Bertz CT molecular complexity index is 404. The third-order valence-electron chi connectivity index (χ3n) is 4.59. The second kappa shape index (κ2) is 5.66. The molecule has 3 unspecified atom stereocenters. The Hall–Kier alpha value is -0.470. The van der Waals surface area contributed by atoms with E-state index in [-0.39, 0.29) is 0 Å². The summed E-state index contributed by atoms with van der Waals surface area (Å²) in [6.45, 7) is 1.18. The molecular formula is C16H23NS. The maximum atomic E-state index is 3.84. The summed E-state index contributed by atoms with van der Waals surface area (Å²) in [6.07, 6.45) is 9.16. The number of nitrogens with one attached hydrogen (secondary N) is 1. The normalized spacial score (nSPS) is 30.6. The van der Waals surface area contributed by atoms with Gasteiger partial charge in [-0.25, -0.2) is 0 Å². The molecule has 1 aromatic rings. The molecule has 3 atom stereocenters. The standard InChI is InChI=1S/C16H23NS/c1-18-16-9-5-4-8-15(16)17-11-13-10-12-6-2-3-7-14(12)13/h2-3,6-7,13,15-17H,4-5,8-11H2,1H3. The monoisotopic (exact) mass is 261 g/mol. The quantitative estimate of drug-likeness (QED) is 0.889. The van der Waals surface area contributed by atoms with E-state index in [0.717, 1.165) is 17.2 Å². The Morgan fingerprint density at radius 1 is 1.22 bits per heavy atom. The van der Waals surface area contributed by atoms with E-state index in [0.29, 0.717) is 0 Å². The molecule has 98 valence electrons. The molecule has 18 heavy (non-hydrogen) atoms. The van der Waals surface area contributed by atoms with Gasteiger partial charge in [0.25, 0.3) is 0 Å². The highest BCUT2D eigenvalue weighted by atomic mass is 32.2. The van der Waals surface area contributed by atoms with E-state index in [1.807, 2.05) is 0 Å². The highest BCUT2D eigenvalue weighted by Crippen LogP contribution is 2.35. The van der Waals surface area contributed by atoms with Crippen LogP contribution in [-0.4, -0.2) is 24.1 Å². The summed E-state index contributed by atoms with van der Waals surface area (Å²) in [4.78, 5) is 0. The molecular weight excluding hydrogens is 238 g/mol. The van der Waals surface area contributed by atoms with Crippen LogP contribution in [0.2, 0.25) is 0 Å². The molecule has 2 heteroatoms. The predicted molar refractivity (Wildman–Crippen MR) is 80.4 cm³/mol. The second-order valence-electron chi connectivity index (χ2n) is 5.67. The van der Waals surface area contributed by atoms with Crippen LogP contribution < -0.4 is 5.32 Å². The fourth-order valence-electron chi connectivity index (χ4n) is 3.45. The van der Waals surface area contributed by atoms with Crippen LogP contribution in [0.5, 0.6) is 0 Å². The van der Waals surface area contributed by atoms with E-state index in [9.17, 15) is 0 Å². The van der Waals surface area contributed by atoms with E-state index in [2.05, 4.69) is 47.6 Å². The minimum absolute atomic E-state index is 0.751. The summed E-state index contributed by atoms with van der Waals surface area (Å²) >= 11 is 2.05. The summed E-state index contributed by atoms with van der Waals surface area (Å²) in [5.41, 5.74) is 3.15. The van der Waals surface area contributed by atoms with Gasteiger partial charge in [-0.15, -0.1) is 0 Å². The first-order chi connectivity index (χ1) is 8.88. The number of hydrogen-bond donors (Lipinski definition) is 1. The Labute approximate surface area is 115 Å². The average Bonchev–Trinajstić information content (AvgIpc) is 2.40. The van der Waals surface area contributed by atoms with Crippen LogP contribution in [0.4, 0.5) is 0 Å². The van der Waals surface area contributed by atoms with Gasteiger partial charge in [0.15, 0.2) is 0 Å². The van der Waals surface area contributed by atoms with Gasteiger partial charge in [0, 0.05) is 23.8 Å². The summed E-state index contributed by atoms with van der Waals surface area (Å²) in [5.74, 6) is 0.769. The van der Waals surface area contributed by atoms with E-state index in [4.69, 9.17) is 0 Å². The van der Waals surface area contributed by atoms with Crippen LogP contribution in [0, 0.1) is 0 Å². The van der Waals surface area contributed by atoms with Crippen molar-refractivity contribution in [3.63, 3.8) is 0 Å². The van der Waals surface area contributed by atoms with Crippen molar-refractivity contribution in [2.45, 2.75) is 49.3 Å². The third kappa shape index (κ3) is 2.46. The van der Waals surface area contributed by atoms with Crippen LogP contribution in [0.25, 0.3) is 0 Å². The zero-order chi connectivity index (χ0) is 12.4. The first-order valence-electron chi connectivity index (χ1n) is 7.22. The summed E-state index contributed by atoms with van der Waals surface area (Å²) < 4.78 is 0. The number of rotatable bonds is 4. The molecule has 0 amide bonds. The molecule has 1 nitrogen and oxygen atoms in total. The maximum absolute atomic E-state index is 3.84. The topological polar surface area (TPSA) is 12.0 Å². The molecule has 0 spiro atoms. The predicted octanol–water partition coefficient (Wildman–Crippen LogP) is 3.59. The molecule has 0 saturated heterocycles. The van der Waals surface area contributed by atoms with Gasteiger partial charge >= 0.3 is 0 Å². The fraction of sp³-hybridized carbons (Fsp3) is 0.625. The Morgan fingerprint density at radius 2 is 2.06 bits per heavy atom. The number of hydrogen-bond acceptors (Lipinski definition) is 2. The molecule has 1 N–H and O–H groups in total. The lowest BCUT2D eigenvalue weighted by Gasteiger charge is -2.35. The molecule has 2 aliphatic carbocycles. The maximum Gasteiger partial charge on any atom is 0.0198 e. The van der Waals surface area contributed by atoms with Crippen molar-refractivity contribution in [3.05, 3.63) is 35.4 Å². The minimum atomic E-state index is 0.751. The Kier molecular flexibility index (Phi) is 3.95. The van der Waals surface area contributed by atoms with Gasteiger partial charge in [-0.05, 0) is 36.6 Å². The lowest BCUT2D eigenvalue weighted by Crippen LogP contribution is -2.43. The molecule has 1 aromatic carbocycles. The van der Waals surface area contributed by atoms with Crippen molar-refractivity contribution in [2.24, 2.45) is 0 Å². The van der Waals surface area contributed by atoms with Gasteiger partial charge in [-0.3, -0.25) is 0 Å². The van der Waals surface area contributed by atoms with E-state index in [1.54, 1.807) is 11.1 Å². The van der Waals surface area contributed by atoms with Crippen LogP contribution in [0.3, 0.4) is 0 Å². The highest BCUT2D eigenvalue weighted by Gasteiger charge is 2.28. The molecule has 0 heterocycles. The largest absolute Gasteiger partial charge is 0.312 e. The first-order valence-corrected chi connectivity index (χ1v) is 8.51. The average molecular weight is 261 g/mol. The van der Waals surface area contributed by atoms with Crippen molar-refractivity contribution in [2.75, 3.05) is 12.8 Å². The summed E-state index contributed by atoms with van der Waals surface area (Å²) in [6, 6.07) is 9.67. The molecule has 1 fully saturated rings. The third-order valence-corrected chi connectivity index (χ3v) is 5.76. The van der Waals surface area contributed by atoms with E-state index in [1.165, 1.54) is 38.6 Å². The molecule has 2 aliphatic rings. The summed E-state index contributed by atoms with van der Waals surface area (Å²) in [5, 5.41) is 4.69. The Balaban J connectivity index is 1.53. The SMILES string of the molecule is CSC1CCCCC1NCC1Cc2ccccc21. The van der Waals surface area contributed by atoms with E-state index >= 15 is 0 Å². The molecule has 3 rings (SSSR count). The van der Waals surface area contributed by atoms with Gasteiger partial charge < -0.3 is 5.32 Å². The van der Waals surface area contributed by atoms with Crippen LogP contribution in [-0.2, 0) is 6.42 Å². The molecule has 0 bridgehead atoms. The highest BCUT2D eigenvalue weighted by molar-refractivity contribution is 7.99. The molecule has 0 aliphatic heterocycles. The summed E-state index contributed by atoms with van der Waals surface area (Å²) in [7, 11) is 0. The van der Waals surface area contributed by atoms with Crippen LogP contribution in [0.15, 0.2) is 24.3 Å². The van der Waals surface area contributed by atoms with Gasteiger partial charge in [-0.1, -0.05) is 37.1 Å². The zero-order valence-electron chi connectivity index (χ0n) is 11.2. The van der Waals surface area contributed by atoms with Gasteiger partial charge in [0.05, 0.1) is 0 Å². The van der Waals surface area contributed by atoms with Crippen LogP contribution >= 0.6 is 11.8 Å². The molecule has 0 aromatic heterocycles. The van der Waals surface area contributed by atoms with Crippen molar-refractivity contribution >= 4 is 11.8 Å². The van der Waals surface area contributed by atoms with Crippen molar-refractivity contribution in [1.82, 2.24) is 5.32 Å². The van der Waals surface area contributed by atoms with Crippen LogP contribution in [0.1, 0.15) is 42.7 Å². The lowest BCUT2D eigenvalue weighted by atomic mass is 9.77. The van der Waals surface area contributed by atoms with Crippen molar-refractivity contribution in [3.8, 4) is 0 Å². The lowest BCUT2D eigenvalue weighted by molar-refractivity contribution is 0.368. The van der Waals surface area contributed by atoms with Crippen molar-refractivity contribution < 1.29 is 0 Å².